The Hall–Kier alpha value is -0.160. The number of epoxide rings is 1. The van der Waals surface area contributed by atoms with Crippen molar-refractivity contribution in [1.82, 2.24) is 0 Å². The molecule has 0 aromatic heterocycles. The first kappa shape index (κ1) is 20.9. The molecule has 2 atom stereocenters. The minimum absolute atomic E-state index is 0.358. The zero-order valence-electron chi connectivity index (χ0n) is 15.8. The number of rotatable bonds is 16. The Morgan fingerprint density at radius 3 is 2.22 bits per heavy atom. The van der Waals surface area contributed by atoms with E-state index in [2.05, 4.69) is 13.8 Å². The Labute approximate surface area is 143 Å². The third kappa shape index (κ3) is 9.04. The molecular formula is C19H38O4. The number of unbranched alkanes of at least 4 members (excludes halogenated alkanes) is 5. The SMILES string of the molecule is CCCCCCCCC(CCCOCC1CO1)C(C)(OC)OC. The molecule has 0 saturated carbocycles. The van der Waals surface area contributed by atoms with Gasteiger partial charge in [0.1, 0.15) is 6.10 Å². The van der Waals surface area contributed by atoms with E-state index in [1.54, 1.807) is 14.2 Å². The van der Waals surface area contributed by atoms with Crippen LogP contribution >= 0.6 is 0 Å². The first-order valence-corrected chi connectivity index (χ1v) is 9.46. The van der Waals surface area contributed by atoms with Crippen LogP contribution in [0.2, 0.25) is 0 Å². The molecule has 1 rings (SSSR count). The van der Waals surface area contributed by atoms with Gasteiger partial charge in [0.25, 0.3) is 0 Å². The van der Waals surface area contributed by atoms with Crippen LogP contribution in [0.3, 0.4) is 0 Å². The molecule has 0 N–H and O–H groups in total. The Morgan fingerprint density at radius 1 is 1.00 bits per heavy atom. The van der Waals surface area contributed by atoms with E-state index < -0.39 is 5.79 Å². The van der Waals surface area contributed by atoms with Crippen LogP contribution in [0.1, 0.15) is 71.6 Å². The maximum atomic E-state index is 5.67. The molecule has 1 saturated heterocycles. The van der Waals surface area contributed by atoms with Gasteiger partial charge in [-0.1, -0.05) is 45.4 Å². The van der Waals surface area contributed by atoms with Crippen LogP contribution < -0.4 is 0 Å². The zero-order valence-corrected chi connectivity index (χ0v) is 15.8. The minimum atomic E-state index is -0.483. The van der Waals surface area contributed by atoms with Crippen LogP contribution in [0.4, 0.5) is 0 Å². The molecule has 0 amide bonds. The fraction of sp³-hybridized carbons (Fsp3) is 1.00. The molecule has 2 unspecified atom stereocenters. The highest BCUT2D eigenvalue weighted by Crippen LogP contribution is 2.31. The lowest BCUT2D eigenvalue weighted by Gasteiger charge is -2.35. The highest BCUT2D eigenvalue weighted by Gasteiger charge is 2.33. The first-order valence-electron chi connectivity index (χ1n) is 9.46. The summed E-state index contributed by atoms with van der Waals surface area (Å²) in [5.41, 5.74) is 0. The van der Waals surface area contributed by atoms with E-state index in [1.165, 1.54) is 38.5 Å². The lowest BCUT2D eigenvalue weighted by molar-refractivity contribution is -0.230. The topological polar surface area (TPSA) is 40.2 Å². The van der Waals surface area contributed by atoms with Crippen molar-refractivity contribution in [2.75, 3.05) is 34.0 Å². The Bertz CT molecular complexity index is 275. The van der Waals surface area contributed by atoms with Crippen molar-refractivity contribution >= 4 is 0 Å². The molecule has 4 heteroatoms. The van der Waals surface area contributed by atoms with E-state index in [4.69, 9.17) is 18.9 Å². The van der Waals surface area contributed by atoms with E-state index >= 15 is 0 Å². The summed E-state index contributed by atoms with van der Waals surface area (Å²) in [7, 11) is 3.50. The van der Waals surface area contributed by atoms with Gasteiger partial charge < -0.3 is 18.9 Å². The largest absolute Gasteiger partial charge is 0.379 e. The van der Waals surface area contributed by atoms with Gasteiger partial charge in [-0.15, -0.1) is 0 Å². The molecule has 4 nitrogen and oxygen atoms in total. The summed E-state index contributed by atoms with van der Waals surface area (Å²) in [5.74, 6) is -0.0623. The van der Waals surface area contributed by atoms with Crippen molar-refractivity contribution in [3.05, 3.63) is 0 Å². The molecule has 23 heavy (non-hydrogen) atoms. The lowest BCUT2D eigenvalue weighted by atomic mass is 9.88. The molecule has 0 spiro atoms. The van der Waals surface area contributed by atoms with Gasteiger partial charge in [-0.2, -0.15) is 0 Å². The lowest BCUT2D eigenvalue weighted by Crippen LogP contribution is -2.39. The quantitative estimate of drug-likeness (QED) is 0.236. The Kier molecular flexibility index (Phi) is 11.1. The van der Waals surface area contributed by atoms with Gasteiger partial charge in [0.2, 0.25) is 0 Å². The summed E-state index contributed by atoms with van der Waals surface area (Å²) in [6, 6.07) is 0. The molecule has 0 bridgehead atoms. The minimum Gasteiger partial charge on any atom is -0.379 e. The standard InChI is InChI=1S/C19H38O4/c1-5-6-7-8-9-10-12-17(19(2,20-3)21-4)13-11-14-22-15-18-16-23-18/h17-18H,5-16H2,1-4H3. The van der Waals surface area contributed by atoms with Crippen molar-refractivity contribution in [3.8, 4) is 0 Å². The molecule has 0 aromatic rings. The van der Waals surface area contributed by atoms with Gasteiger partial charge in [0.15, 0.2) is 5.79 Å². The summed E-state index contributed by atoms with van der Waals surface area (Å²) in [5, 5.41) is 0. The van der Waals surface area contributed by atoms with Crippen LogP contribution in [-0.2, 0) is 18.9 Å². The summed E-state index contributed by atoms with van der Waals surface area (Å²) in [6.07, 6.45) is 11.6. The smallest absolute Gasteiger partial charge is 0.167 e. The normalized spacial score (nSPS) is 19.0. The van der Waals surface area contributed by atoms with Crippen molar-refractivity contribution in [3.63, 3.8) is 0 Å². The Morgan fingerprint density at radius 2 is 1.61 bits per heavy atom. The van der Waals surface area contributed by atoms with E-state index in [0.717, 1.165) is 39.1 Å². The highest BCUT2D eigenvalue weighted by atomic mass is 16.7. The second kappa shape index (κ2) is 12.2. The third-order valence-corrected chi connectivity index (χ3v) is 5.01. The van der Waals surface area contributed by atoms with Crippen LogP contribution in [0, 0.1) is 5.92 Å². The monoisotopic (exact) mass is 330 g/mol. The van der Waals surface area contributed by atoms with Gasteiger partial charge in [-0.05, 0) is 26.2 Å². The third-order valence-electron chi connectivity index (χ3n) is 5.01. The molecule has 138 valence electrons. The van der Waals surface area contributed by atoms with E-state index in [9.17, 15) is 0 Å². The summed E-state index contributed by atoms with van der Waals surface area (Å²) in [6.45, 7) is 6.74. The molecule has 1 heterocycles. The van der Waals surface area contributed by atoms with Gasteiger partial charge in [-0.3, -0.25) is 0 Å². The molecule has 1 fully saturated rings. The average Bonchev–Trinajstić information content (AvgIpc) is 3.39. The number of hydrogen-bond acceptors (Lipinski definition) is 4. The molecular weight excluding hydrogens is 292 g/mol. The zero-order chi connectivity index (χ0) is 17.0. The summed E-state index contributed by atoms with van der Waals surface area (Å²) in [4.78, 5) is 0. The number of hydrogen-bond donors (Lipinski definition) is 0. The first-order chi connectivity index (χ1) is 11.2. The van der Waals surface area contributed by atoms with Crippen molar-refractivity contribution < 1.29 is 18.9 Å². The predicted octanol–water partition coefficient (Wildman–Crippen LogP) is 4.56. The van der Waals surface area contributed by atoms with Crippen LogP contribution in [-0.4, -0.2) is 45.9 Å². The number of methoxy groups -OCH3 is 2. The van der Waals surface area contributed by atoms with E-state index in [1.807, 2.05) is 0 Å². The molecule has 0 radical (unpaired) electrons. The Balaban J connectivity index is 2.23. The van der Waals surface area contributed by atoms with Gasteiger partial charge in [0.05, 0.1) is 13.2 Å². The van der Waals surface area contributed by atoms with Gasteiger partial charge in [0, 0.05) is 26.7 Å². The van der Waals surface area contributed by atoms with Gasteiger partial charge >= 0.3 is 0 Å². The maximum absolute atomic E-state index is 5.67. The van der Waals surface area contributed by atoms with Crippen LogP contribution in [0.5, 0.6) is 0 Å². The second-order valence-electron chi connectivity index (χ2n) is 6.85. The van der Waals surface area contributed by atoms with Crippen molar-refractivity contribution in [1.29, 1.82) is 0 Å². The van der Waals surface area contributed by atoms with Crippen LogP contribution in [0.15, 0.2) is 0 Å². The molecule has 1 aliphatic heterocycles. The predicted molar refractivity (Wildman–Crippen MR) is 93.7 cm³/mol. The molecule has 0 aromatic carbocycles. The highest BCUT2D eigenvalue weighted by molar-refractivity contribution is 4.75. The fourth-order valence-electron chi connectivity index (χ4n) is 3.07. The van der Waals surface area contributed by atoms with E-state index in [0.29, 0.717) is 12.0 Å². The fourth-order valence-corrected chi connectivity index (χ4v) is 3.07. The van der Waals surface area contributed by atoms with Crippen LogP contribution in [0.25, 0.3) is 0 Å². The summed E-state index contributed by atoms with van der Waals surface area (Å²) < 4.78 is 22.1. The van der Waals surface area contributed by atoms with E-state index in [-0.39, 0.29) is 0 Å². The summed E-state index contributed by atoms with van der Waals surface area (Å²) >= 11 is 0. The van der Waals surface area contributed by atoms with Crippen molar-refractivity contribution in [2.24, 2.45) is 5.92 Å². The average molecular weight is 331 g/mol. The second-order valence-corrected chi connectivity index (χ2v) is 6.85. The van der Waals surface area contributed by atoms with Crippen molar-refractivity contribution in [2.45, 2.75) is 83.5 Å². The molecule has 0 aliphatic carbocycles. The van der Waals surface area contributed by atoms with Gasteiger partial charge in [-0.25, -0.2) is 0 Å². The maximum Gasteiger partial charge on any atom is 0.167 e. The molecule has 1 aliphatic rings. The number of ether oxygens (including phenoxy) is 4.